The summed E-state index contributed by atoms with van der Waals surface area (Å²) in [5.74, 6) is -0.203. The maximum Gasteiger partial charge on any atom is 0.127 e. The fourth-order valence-electron chi connectivity index (χ4n) is 2.66. The number of hydrogen-bond donors (Lipinski definition) is 1. The van der Waals surface area contributed by atoms with Crippen molar-refractivity contribution < 1.29 is 4.39 Å². The summed E-state index contributed by atoms with van der Waals surface area (Å²) in [5.41, 5.74) is 2.12. The van der Waals surface area contributed by atoms with E-state index < -0.39 is 0 Å². The fourth-order valence-corrected chi connectivity index (χ4v) is 2.90. The van der Waals surface area contributed by atoms with E-state index in [2.05, 4.69) is 11.4 Å². The summed E-state index contributed by atoms with van der Waals surface area (Å²) in [6, 6.07) is 5.14. The van der Waals surface area contributed by atoms with Crippen molar-refractivity contribution >= 4 is 11.6 Å². The molecule has 0 heterocycles. The van der Waals surface area contributed by atoms with Crippen LogP contribution in [0.25, 0.3) is 0 Å². The predicted octanol–water partition coefficient (Wildman–Crippen LogP) is 4.50. The monoisotopic (exact) mass is 281 g/mol. The van der Waals surface area contributed by atoms with E-state index >= 15 is 0 Å². The van der Waals surface area contributed by atoms with Crippen LogP contribution >= 0.6 is 11.6 Å². The van der Waals surface area contributed by atoms with Gasteiger partial charge in [0.25, 0.3) is 0 Å². The van der Waals surface area contributed by atoms with Crippen LogP contribution in [-0.4, -0.2) is 13.1 Å². The third-order valence-electron chi connectivity index (χ3n) is 3.81. The zero-order valence-electron chi connectivity index (χ0n) is 11.4. The Balaban J connectivity index is 2.04. The number of hydrogen-bond acceptors (Lipinski definition) is 1. The van der Waals surface area contributed by atoms with E-state index in [0.29, 0.717) is 17.0 Å². The molecule has 0 bridgehead atoms. The highest BCUT2D eigenvalue weighted by Crippen LogP contribution is 2.25. The average molecular weight is 282 g/mol. The van der Waals surface area contributed by atoms with Crippen molar-refractivity contribution in [2.24, 2.45) is 0 Å². The number of allylic oxidation sites excluding steroid dienone is 1. The lowest BCUT2D eigenvalue weighted by Crippen LogP contribution is -2.28. The van der Waals surface area contributed by atoms with Crippen molar-refractivity contribution in [2.75, 3.05) is 7.05 Å². The van der Waals surface area contributed by atoms with Gasteiger partial charge in [-0.1, -0.05) is 29.3 Å². The highest BCUT2D eigenvalue weighted by Gasteiger charge is 2.16. The van der Waals surface area contributed by atoms with E-state index in [1.165, 1.54) is 37.3 Å². The molecule has 3 heteroatoms. The maximum atomic E-state index is 13.8. The van der Waals surface area contributed by atoms with Crippen molar-refractivity contribution in [1.29, 1.82) is 0 Å². The minimum absolute atomic E-state index is 0.203. The molecule has 0 saturated heterocycles. The van der Waals surface area contributed by atoms with Crippen molar-refractivity contribution in [3.63, 3.8) is 0 Å². The van der Waals surface area contributed by atoms with Crippen LogP contribution in [0.5, 0.6) is 0 Å². The lowest BCUT2D eigenvalue weighted by atomic mass is 9.92. The normalized spacial score (nSPS) is 17.1. The van der Waals surface area contributed by atoms with Crippen molar-refractivity contribution in [2.45, 2.75) is 44.6 Å². The molecule has 0 amide bonds. The highest BCUT2D eigenvalue weighted by atomic mass is 35.5. The van der Waals surface area contributed by atoms with Gasteiger partial charge in [-0.2, -0.15) is 0 Å². The van der Waals surface area contributed by atoms with Crippen LogP contribution in [0.4, 0.5) is 4.39 Å². The molecule has 0 radical (unpaired) electrons. The van der Waals surface area contributed by atoms with Gasteiger partial charge in [-0.3, -0.25) is 0 Å². The summed E-state index contributed by atoms with van der Waals surface area (Å²) in [6.45, 7) is 0. The molecule has 1 aromatic carbocycles. The SMILES string of the molecule is CNC(CC1=CCCCC1)Cc1c(F)cccc1Cl. The molecule has 0 saturated carbocycles. The lowest BCUT2D eigenvalue weighted by molar-refractivity contribution is 0.516. The molecular formula is C16H21ClFN. The van der Waals surface area contributed by atoms with E-state index in [0.717, 1.165) is 6.42 Å². The number of halogens is 2. The molecule has 0 aromatic heterocycles. The highest BCUT2D eigenvalue weighted by molar-refractivity contribution is 6.31. The standard InChI is InChI=1S/C16H21ClFN/c1-19-13(10-12-6-3-2-4-7-12)11-14-15(17)8-5-9-16(14)18/h5-6,8-9,13,19H,2-4,7,10-11H2,1H3. The van der Waals surface area contributed by atoms with Gasteiger partial charge in [-0.15, -0.1) is 0 Å². The summed E-state index contributed by atoms with van der Waals surface area (Å²) in [4.78, 5) is 0. The fraction of sp³-hybridized carbons (Fsp3) is 0.500. The van der Waals surface area contributed by atoms with Gasteiger partial charge in [0, 0.05) is 16.6 Å². The predicted molar refractivity (Wildman–Crippen MR) is 79.1 cm³/mol. The van der Waals surface area contributed by atoms with Gasteiger partial charge in [-0.25, -0.2) is 4.39 Å². The number of rotatable bonds is 5. The second-order valence-corrected chi connectivity index (χ2v) is 5.61. The molecule has 1 aromatic rings. The van der Waals surface area contributed by atoms with Gasteiger partial charge in [-0.05, 0) is 57.7 Å². The van der Waals surface area contributed by atoms with Crippen LogP contribution in [0.15, 0.2) is 29.8 Å². The van der Waals surface area contributed by atoms with Crippen LogP contribution in [0, 0.1) is 5.82 Å². The van der Waals surface area contributed by atoms with Crippen molar-refractivity contribution in [3.8, 4) is 0 Å². The summed E-state index contributed by atoms with van der Waals surface area (Å²) >= 11 is 6.09. The zero-order valence-corrected chi connectivity index (χ0v) is 12.1. The Morgan fingerprint density at radius 1 is 1.32 bits per heavy atom. The first-order chi connectivity index (χ1) is 9.20. The van der Waals surface area contributed by atoms with E-state index in [4.69, 9.17) is 11.6 Å². The molecule has 0 spiro atoms. The first-order valence-corrected chi connectivity index (χ1v) is 7.36. The molecule has 1 aliphatic carbocycles. The Labute approximate surface area is 119 Å². The number of benzene rings is 1. The molecule has 1 aliphatic rings. The summed E-state index contributed by atoms with van der Waals surface area (Å²) < 4.78 is 13.8. The number of nitrogens with one attached hydrogen (secondary N) is 1. The summed E-state index contributed by atoms with van der Waals surface area (Å²) in [5, 5.41) is 3.81. The minimum Gasteiger partial charge on any atom is -0.316 e. The molecule has 2 rings (SSSR count). The maximum absolute atomic E-state index is 13.8. The zero-order chi connectivity index (χ0) is 13.7. The molecule has 1 N–H and O–H groups in total. The minimum atomic E-state index is -0.203. The average Bonchev–Trinajstić information content (AvgIpc) is 2.43. The van der Waals surface area contributed by atoms with Gasteiger partial charge in [0.05, 0.1) is 0 Å². The second kappa shape index (κ2) is 7.06. The van der Waals surface area contributed by atoms with Gasteiger partial charge in [0.1, 0.15) is 5.82 Å². The summed E-state index contributed by atoms with van der Waals surface area (Å²) in [7, 11) is 1.93. The molecule has 0 fully saturated rings. The van der Waals surface area contributed by atoms with Gasteiger partial charge >= 0.3 is 0 Å². The third kappa shape index (κ3) is 4.05. The van der Waals surface area contributed by atoms with E-state index in [1.807, 2.05) is 7.05 Å². The molecule has 104 valence electrons. The smallest absolute Gasteiger partial charge is 0.127 e. The van der Waals surface area contributed by atoms with Crippen molar-refractivity contribution in [3.05, 3.63) is 46.3 Å². The van der Waals surface area contributed by atoms with E-state index in [1.54, 1.807) is 12.1 Å². The van der Waals surface area contributed by atoms with Crippen LogP contribution in [0.2, 0.25) is 5.02 Å². The Morgan fingerprint density at radius 2 is 2.16 bits per heavy atom. The molecule has 1 nitrogen and oxygen atoms in total. The summed E-state index contributed by atoms with van der Waals surface area (Å²) in [6.07, 6.45) is 8.92. The molecule has 0 aliphatic heterocycles. The van der Waals surface area contributed by atoms with Crippen LogP contribution < -0.4 is 5.32 Å². The van der Waals surface area contributed by atoms with E-state index in [-0.39, 0.29) is 11.9 Å². The Kier molecular flexibility index (Phi) is 5.41. The second-order valence-electron chi connectivity index (χ2n) is 5.20. The Bertz CT molecular complexity index is 436. The number of likely N-dealkylation sites (N-methyl/N-ethyl adjacent to an activating group) is 1. The van der Waals surface area contributed by atoms with Crippen LogP contribution in [0.3, 0.4) is 0 Å². The molecule has 1 atom stereocenters. The van der Waals surface area contributed by atoms with Gasteiger partial charge in [0.2, 0.25) is 0 Å². The van der Waals surface area contributed by atoms with Crippen LogP contribution in [-0.2, 0) is 6.42 Å². The third-order valence-corrected chi connectivity index (χ3v) is 4.17. The molecule has 19 heavy (non-hydrogen) atoms. The first kappa shape index (κ1) is 14.5. The molecular weight excluding hydrogens is 261 g/mol. The quantitative estimate of drug-likeness (QED) is 0.784. The topological polar surface area (TPSA) is 12.0 Å². The van der Waals surface area contributed by atoms with Crippen molar-refractivity contribution in [1.82, 2.24) is 5.32 Å². The molecule has 1 unspecified atom stereocenters. The Morgan fingerprint density at radius 3 is 2.79 bits per heavy atom. The van der Waals surface area contributed by atoms with E-state index in [9.17, 15) is 4.39 Å². The Hall–Kier alpha value is -0.860. The largest absolute Gasteiger partial charge is 0.316 e. The lowest BCUT2D eigenvalue weighted by Gasteiger charge is -2.21. The van der Waals surface area contributed by atoms with Gasteiger partial charge in [0.15, 0.2) is 0 Å². The van der Waals surface area contributed by atoms with Gasteiger partial charge < -0.3 is 5.32 Å². The van der Waals surface area contributed by atoms with Crippen LogP contribution in [0.1, 0.15) is 37.7 Å². The first-order valence-electron chi connectivity index (χ1n) is 6.98.